The lowest BCUT2D eigenvalue weighted by atomic mass is 9.75. The van der Waals surface area contributed by atoms with Crippen LogP contribution in [0.1, 0.15) is 52.8 Å². The molecule has 28 heavy (non-hydrogen) atoms. The van der Waals surface area contributed by atoms with E-state index in [1.807, 2.05) is 4.90 Å². The van der Waals surface area contributed by atoms with Gasteiger partial charge in [-0.15, -0.1) is 0 Å². The molecule has 1 aliphatic heterocycles. The van der Waals surface area contributed by atoms with Crippen molar-refractivity contribution in [1.82, 2.24) is 4.90 Å². The number of fused-ring (bicyclic) bond motifs is 1. The topological polar surface area (TPSA) is 49.4 Å². The SMILES string of the molecule is O=C(Nc1ccc(C(=O)N2CC[C@H]3CCCCC3C2)cc1)c1ccc(F)cc1. The highest BCUT2D eigenvalue weighted by Crippen LogP contribution is 2.36. The molecule has 0 bridgehead atoms. The maximum atomic E-state index is 13.0. The second-order valence-corrected chi connectivity index (χ2v) is 7.88. The minimum atomic E-state index is -0.378. The van der Waals surface area contributed by atoms with Gasteiger partial charge >= 0.3 is 0 Å². The lowest BCUT2D eigenvalue weighted by Gasteiger charge is -2.41. The van der Waals surface area contributed by atoms with Gasteiger partial charge in [-0.2, -0.15) is 0 Å². The third-order valence-corrected chi connectivity index (χ3v) is 6.07. The van der Waals surface area contributed by atoms with E-state index in [9.17, 15) is 14.0 Å². The fourth-order valence-corrected chi connectivity index (χ4v) is 4.47. The van der Waals surface area contributed by atoms with Crippen molar-refractivity contribution in [2.75, 3.05) is 18.4 Å². The molecule has 4 nitrogen and oxygen atoms in total. The van der Waals surface area contributed by atoms with Crippen LogP contribution in [0.3, 0.4) is 0 Å². The Bertz CT molecular complexity index is 848. The number of benzene rings is 2. The Morgan fingerprint density at radius 3 is 2.21 bits per heavy atom. The number of rotatable bonds is 3. The average Bonchev–Trinajstić information content (AvgIpc) is 2.74. The number of halogens is 1. The van der Waals surface area contributed by atoms with E-state index in [2.05, 4.69) is 5.32 Å². The number of hydrogen-bond acceptors (Lipinski definition) is 2. The molecule has 1 aliphatic carbocycles. The maximum Gasteiger partial charge on any atom is 0.255 e. The minimum absolute atomic E-state index is 0.0698. The quantitative estimate of drug-likeness (QED) is 0.837. The van der Waals surface area contributed by atoms with Crippen LogP contribution in [0.5, 0.6) is 0 Å². The summed E-state index contributed by atoms with van der Waals surface area (Å²) in [5.41, 5.74) is 1.64. The number of anilines is 1. The third-order valence-electron chi connectivity index (χ3n) is 6.07. The van der Waals surface area contributed by atoms with E-state index < -0.39 is 0 Å². The van der Waals surface area contributed by atoms with Gasteiger partial charge in [0.05, 0.1) is 0 Å². The Balaban J connectivity index is 1.38. The molecule has 1 unspecified atom stereocenters. The molecule has 1 N–H and O–H groups in total. The second kappa shape index (κ2) is 8.13. The summed E-state index contributed by atoms with van der Waals surface area (Å²) in [5.74, 6) is 0.832. The van der Waals surface area contributed by atoms with Gasteiger partial charge in [-0.3, -0.25) is 9.59 Å². The van der Waals surface area contributed by atoms with Crippen LogP contribution in [0.4, 0.5) is 10.1 Å². The highest BCUT2D eigenvalue weighted by Gasteiger charge is 2.33. The monoisotopic (exact) mass is 380 g/mol. The summed E-state index contributed by atoms with van der Waals surface area (Å²) in [7, 11) is 0. The van der Waals surface area contributed by atoms with E-state index in [4.69, 9.17) is 0 Å². The van der Waals surface area contributed by atoms with Gasteiger partial charge < -0.3 is 10.2 Å². The molecule has 0 radical (unpaired) electrons. The Hall–Kier alpha value is -2.69. The first kappa shape index (κ1) is 18.7. The van der Waals surface area contributed by atoms with Gasteiger partial charge in [-0.05, 0) is 73.2 Å². The molecule has 2 aromatic carbocycles. The molecule has 0 spiro atoms. The standard InChI is InChI=1S/C23H25FN2O2/c24-20-9-5-17(6-10-20)22(27)25-21-11-7-18(8-12-21)23(28)26-14-13-16-3-1-2-4-19(16)15-26/h5-12,16,19H,1-4,13-15H2,(H,25,27)/t16-,19?/m1/s1. The fourth-order valence-electron chi connectivity index (χ4n) is 4.47. The molecule has 2 amide bonds. The van der Waals surface area contributed by atoms with Crippen LogP contribution in [0.2, 0.25) is 0 Å². The molecule has 2 aromatic rings. The molecule has 146 valence electrons. The summed E-state index contributed by atoms with van der Waals surface area (Å²) < 4.78 is 13.0. The van der Waals surface area contributed by atoms with Crippen LogP contribution in [-0.2, 0) is 0 Å². The Morgan fingerprint density at radius 1 is 0.857 bits per heavy atom. The summed E-state index contributed by atoms with van der Waals surface area (Å²) in [4.78, 5) is 27.1. The summed E-state index contributed by atoms with van der Waals surface area (Å²) in [5, 5.41) is 2.77. The first-order chi connectivity index (χ1) is 13.6. The van der Waals surface area contributed by atoms with Crippen molar-refractivity contribution in [2.45, 2.75) is 32.1 Å². The number of nitrogens with zero attached hydrogens (tertiary/aromatic N) is 1. The van der Waals surface area contributed by atoms with Gasteiger partial charge in [0, 0.05) is 29.9 Å². The van der Waals surface area contributed by atoms with E-state index in [0.717, 1.165) is 25.4 Å². The molecule has 2 aliphatic rings. The predicted molar refractivity (Wildman–Crippen MR) is 107 cm³/mol. The minimum Gasteiger partial charge on any atom is -0.338 e. The molecule has 0 aromatic heterocycles. The Labute approximate surface area is 164 Å². The fraction of sp³-hybridized carbons (Fsp3) is 0.391. The number of hydrogen-bond donors (Lipinski definition) is 1. The summed E-state index contributed by atoms with van der Waals surface area (Å²) >= 11 is 0. The van der Waals surface area contributed by atoms with Crippen molar-refractivity contribution >= 4 is 17.5 Å². The number of carbonyl (C=O) groups is 2. The molecular weight excluding hydrogens is 355 g/mol. The molecule has 1 saturated carbocycles. The number of likely N-dealkylation sites (tertiary alicyclic amines) is 1. The number of piperidine rings is 1. The van der Waals surface area contributed by atoms with E-state index in [1.165, 1.54) is 49.9 Å². The Kier molecular flexibility index (Phi) is 5.42. The zero-order chi connectivity index (χ0) is 19.5. The molecule has 5 heteroatoms. The lowest BCUT2D eigenvalue weighted by Crippen LogP contribution is -2.44. The van der Waals surface area contributed by atoms with Crippen LogP contribution in [0.15, 0.2) is 48.5 Å². The van der Waals surface area contributed by atoms with E-state index in [-0.39, 0.29) is 17.6 Å². The maximum absolute atomic E-state index is 13.0. The van der Waals surface area contributed by atoms with Gasteiger partial charge in [0.2, 0.25) is 0 Å². The predicted octanol–water partition coefficient (Wildman–Crippen LogP) is 4.73. The van der Waals surface area contributed by atoms with Crippen LogP contribution in [-0.4, -0.2) is 29.8 Å². The molecule has 2 fully saturated rings. The van der Waals surface area contributed by atoms with Crippen LogP contribution >= 0.6 is 0 Å². The zero-order valence-corrected chi connectivity index (χ0v) is 15.9. The Morgan fingerprint density at radius 2 is 1.50 bits per heavy atom. The second-order valence-electron chi connectivity index (χ2n) is 7.88. The smallest absolute Gasteiger partial charge is 0.255 e. The van der Waals surface area contributed by atoms with Crippen LogP contribution in [0, 0.1) is 17.7 Å². The zero-order valence-electron chi connectivity index (χ0n) is 15.9. The van der Waals surface area contributed by atoms with Gasteiger partial charge in [0.25, 0.3) is 11.8 Å². The molecule has 1 saturated heterocycles. The molecule has 1 heterocycles. The summed E-state index contributed by atoms with van der Waals surface area (Å²) in [6.45, 7) is 1.70. The van der Waals surface area contributed by atoms with Crippen molar-refractivity contribution in [3.05, 3.63) is 65.5 Å². The van der Waals surface area contributed by atoms with Crippen LogP contribution < -0.4 is 5.32 Å². The van der Waals surface area contributed by atoms with Crippen LogP contribution in [0.25, 0.3) is 0 Å². The van der Waals surface area contributed by atoms with Crippen molar-refractivity contribution in [3.8, 4) is 0 Å². The van der Waals surface area contributed by atoms with E-state index >= 15 is 0 Å². The van der Waals surface area contributed by atoms with E-state index in [1.54, 1.807) is 24.3 Å². The average molecular weight is 380 g/mol. The van der Waals surface area contributed by atoms with Crippen molar-refractivity contribution in [1.29, 1.82) is 0 Å². The molecule has 2 atom stereocenters. The first-order valence-electron chi connectivity index (χ1n) is 10.1. The largest absolute Gasteiger partial charge is 0.338 e. The first-order valence-corrected chi connectivity index (χ1v) is 10.1. The number of amides is 2. The van der Waals surface area contributed by atoms with Gasteiger partial charge in [0.15, 0.2) is 0 Å². The van der Waals surface area contributed by atoms with Gasteiger partial charge in [-0.25, -0.2) is 4.39 Å². The molecular formula is C23H25FN2O2. The summed E-state index contributed by atoms with van der Waals surface area (Å²) in [6.07, 6.45) is 6.28. The van der Waals surface area contributed by atoms with Crippen molar-refractivity contribution in [2.24, 2.45) is 11.8 Å². The van der Waals surface area contributed by atoms with Crippen molar-refractivity contribution in [3.63, 3.8) is 0 Å². The highest BCUT2D eigenvalue weighted by atomic mass is 19.1. The number of carbonyl (C=O) groups excluding carboxylic acids is 2. The van der Waals surface area contributed by atoms with Crippen molar-refractivity contribution < 1.29 is 14.0 Å². The third kappa shape index (κ3) is 4.08. The molecule has 4 rings (SSSR count). The lowest BCUT2D eigenvalue weighted by molar-refractivity contribution is 0.0521. The highest BCUT2D eigenvalue weighted by molar-refractivity contribution is 6.04. The number of nitrogens with one attached hydrogen (secondary N) is 1. The van der Waals surface area contributed by atoms with Gasteiger partial charge in [-0.1, -0.05) is 19.3 Å². The van der Waals surface area contributed by atoms with E-state index in [0.29, 0.717) is 22.7 Å². The summed E-state index contributed by atoms with van der Waals surface area (Å²) in [6, 6.07) is 12.4. The van der Waals surface area contributed by atoms with Gasteiger partial charge in [0.1, 0.15) is 5.82 Å². The normalized spacial score (nSPS) is 21.7.